The van der Waals surface area contributed by atoms with Crippen molar-refractivity contribution in [2.45, 2.75) is 51.2 Å². The summed E-state index contributed by atoms with van der Waals surface area (Å²) in [6.45, 7) is 4.33. The van der Waals surface area contributed by atoms with Gasteiger partial charge in [0, 0.05) is 18.6 Å². The van der Waals surface area contributed by atoms with E-state index in [9.17, 15) is 4.39 Å². The highest BCUT2D eigenvalue weighted by atomic mass is 19.1. The number of nitrogens with zero attached hydrogens (tertiary/aromatic N) is 1. The van der Waals surface area contributed by atoms with Crippen LogP contribution in [0.3, 0.4) is 0 Å². The zero-order chi connectivity index (χ0) is 13.7. The molecule has 2 atom stereocenters. The number of nitrogens with one attached hydrogen (secondary N) is 1. The average Bonchev–Trinajstić information content (AvgIpc) is 2.42. The quantitative estimate of drug-likeness (QED) is 0.878. The van der Waals surface area contributed by atoms with Gasteiger partial charge in [0.2, 0.25) is 0 Å². The van der Waals surface area contributed by atoms with Crippen LogP contribution in [-0.2, 0) is 6.54 Å². The Morgan fingerprint density at radius 3 is 2.68 bits per heavy atom. The number of rotatable bonds is 5. The first-order valence-corrected chi connectivity index (χ1v) is 7.33. The van der Waals surface area contributed by atoms with Crippen molar-refractivity contribution in [3.63, 3.8) is 0 Å². The van der Waals surface area contributed by atoms with Crippen LogP contribution in [0.25, 0.3) is 0 Å². The summed E-state index contributed by atoms with van der Waals surface area (Å²) in [6.07, 6.45) is 5.16. The summed E-state index contributed by atoms with van der Waals surface area (Å²) >= 11 is 0. The SMILES string of the molecule is CC(CC1CCCCN1)N(C)Cc1ccc(F)cc1. The van der Waals surface area contributed by atoms with Gasteiger partial charge in [0.05, 0.1) is 0 Å². The summed E-state index contributed by atoms with van der Waals surface area (Å²) in [5.41, 5.74) is 1.17. The van der Waals surface area contributed by atoms with Crippen LogP contribution in [0.2, 0.25) is 0 Å². The molecule has 1 N–H and O–H groups in total. The molecule has 0 aliphatic carbocycles. The van der Waals surface area contributed by atoms with Crippen LogP contribution in [0.5, 0.6) is 0 Å². The van der Waals surface area contributed by atoms with Gasteiger partial charge in [-0.3, -0.25) is 4.90 Å². The first-order valence-electron chi connectivity index (χ1n) is 7.33. The van der Waals surface area contributed by atoms with Crippen molar-refractivity contribution in [2.75, 3.05) is 13.6 Å². The van der Waals surface area contributed by atoms with E-state index in [1.807, 2.05) is 12.1 Å². The predicted molar refractivity (Wildman–Crippen MR) is 77.6 cm³/mol. The van der Waals surface area contributed by atoms with E-state index in [0.29, 0.717) is 12.1 Å². The molecule has 2 unspecified atom stereocenters. The van der Waals surface area contributed by atoms with Crippen LogP contribution in [0, 0.1) is 5.82 Å². The first kappa shape index (κ1) is 14.5. The molecule has 0 radical (unpaired) electrons. The van der Waals surface area contributed by atoms with Gasteiger partial charge in [-0.1, -0.05) is 18.6 Å². The highest BCUT2D eigenvalue weighted by molar-refractivity contribution is 5.15. The zero-order valence-corrected chi connectivity index (χ0v) is 12.0. The summed E-state index contributed by atoms with van der Waals surface area (Å²) in [7, 11) is 2.15. The molecule has 1 aromatic rings. The fraction of sp³-hybridized carbons (Fsp3) is 0.625. The second-order valence-electron chi connectivity index (χ2n) is 5.77. The lowest BCUT2D eigenvalue weighted by atomic mass is 9.98. The van der Waals surface area contributed by atoms with Crippen LogP contribution in [0.15, 0.2) is 24.3 Å². The minimum absolute atomic E-state index is 0.161. The van der Waals surface area contributed by atoms with E-state index in [1.165, 1.54) is 49.9 Å². The van der Waals surface area contributed by atoms with Gasteiger partial charge in [-0.05, 0) is 57.5 Å². The maximum absolute atomic E-state index is 12.9. The lowest BCUT2D eigenvalue weighted by Crippen LogP contribution is -2.40. The van der Waals surface area contributed by atoms with Crippen molar-refractivity contribution in [1.29, 1.82) is 0 Å². The van der Waals surface area contributed by atoms with Crippen molar-refractivity contribution in [3.05, 3.63) is 35.6 Å². The van der Waals surface area contributed by atoms with Crippen molar-refractivity contribution in [2.24, 2.45) is 0 Å². The molecule has 2 nitrogen and oxygen atoms in total. The molecule has 0 bridgehead atoms. The van der Waals surface area contributed by atoms with E-state index >= 15 is 0 Å². The number of piperidine rings is 1. The number of benzene rings is 1. The molecule has 1 aromatic carbocycles. The van der Waals surface area contributed by atoms with Crippen molar-refractivity contribution in [3.8, 4) is 0 Å². The maximum atomic E-state index is 12.9. The molecule has 2 rings (SSSR count). The van der Waals surface area contributed by atoms with Crippen molar-refractivity contribution in [1.82, 2.24) is 10.2 Å². The molecule has 1 heterocycles. The Bertz CT molecular complexity index is 371. The molecule has 106 valence electrons. The van der Waals surface area contributed by atoms with Crippen LogP contribution >= 0.6 is 0 Å². The normalized spacial score (nSPS) is 21.6. The Hall–Kier alpha value is -0.930. The summed E-state index contributed by atoms with van der Waals surface area (Å²) in [5, 5.41) is 3.60. The molecule has 19 heavy (non-hydrogen) atoms. The smallest absolute Gasteiger partial charge is 0.123 e. The van der Waals surface area contributed by atoms with Gasteiger partial charge in [0.15, 0.2) is 0 Å². The van der Waals surface area contributed by atoms with E-state index in [2.05, 4.69) is 24.2 Å². The molecule has 0 spiro atoms. The summed E-state index contributed by atoms with van der Waals surface area (Å²) < 4.78 is 12.9. The maximum Gasteiger partial charge on any atom is 0.123 e. The Balaban J connectivity index is 1.81. The molecule has 0 saturated carbocycles. The van der Waals surface area contributed by atoms with E-state index in [0.717, 1.165) is 6.54 Å². The third-order valence-corrected chi connectivity index (χ3v) is 4.14. The van der Waals surface area contributed by atoms with Crippen molar-refractivity contribution >= 4 is 0 Å². The van der Waals surface area contributed by atoms with Gasteiger partial charge in [-0.25, -0.2) is 4.39 Å². The number of hydrogen-bond donors (Lipinski definition) is 1. The Kier molecular flexibility index (Phi) is 5.34. The summed E-state index contributed by atoms with van der Waals surface area (Å²) in [4.78, 5) is 2.35. The van der Waals surface area contributed by atoms with Crippen LogP contribution < -0.4 is 5.32 Å². The lowest BCUT2D eigenvalue weighted by molar-refractivity contribution is 0.209. The fourth-order valence-electron chi connectivity index (χ4n) is 2.75. The van der Waals surface area contributed by atoms with Gasteiger partial charge in [-0.15, -0.1) is 0 Å². The topological polar surface area (TPSA) is 15.3 Å². The second-order valence-corrected chi connectivity index (χ2v) is 5.77. The third kappa shape index (κ3) is 4.59. The van der Waals surface area contributed by atoms with Crippen LogP contribution in [0.1, 0.15) is 38.2 Å². The number of halogens is 1. The number of hydrogen-bond acceptors (Lipinski definition) is 2. The van der Waals surface area contributed by atoms with E-state index < -0.39 is 0 Å². The Labute approximate surface area is 116 Å². The fourth-order valence-corrected chi connectivity index (χ4v) is 2.75. The van der Waals surface area contributed by atoms with Gasteiger partial charge in [0.1, 0.15) is 5.82 Å². The van der Waals surface area contributed by atoms with E-state index in [4.69, 9.17) is 0 Å². The molecule has 0 amide bonds. The minimum atomic E-state index is -0.161. The highest BCUT2D eigenvalue weighted by Crippen LogP contribution is 2.16. The Morgan fingerprint density at radius 2 is 2.05 bits per heavy atom. The molecule has 1 saturated heterocycles. The summed E-state index contributed by atoms with van der Waals surface area (Å²) in [6, 6.07) is 8.03. The molecule has 1 aliphatic heterocycles. The van der Waals surface area contributed by atoms with E-state index in [1.54, 1.807) is 0 Å². The highest BCUT2D eigenvalue weighted by Gasteiger charge is 2.18. The largest absolute Gasteiger partial charge is 0.314 e. The van der Waals surface area contributed by atoms with Gasteiger partial charge in [-0.2, -0.15) is 0 Å². The average molecular weight is 264 g/mol. The second kappa shape index (κ2) is 7.01. The zero-order valence-electron chi connectivity index (χ0n) is 12.0. The van der Waals surface area contributed by atoms with Crippen LogP contribution in [-0.4, -0.2) is 30.6 Å². The minimum Gasteiger partial charge on any atom is -0.314 e. The molecular weight excluding hydrogens is 239 g/mol. The van der Waals surface area contributed by atoms with Gasteiger partial charge in [0.25, 0.3) is 0 Å². The summed E-state index contributed by atoms with van der Waals surface area (Å²) in [5.74, 6) is -0.161. The van der Waals surface area contributed by atoms with Gasteiger partial charge < -0.3 is 5.32 Å². The van der Waals surface area contributed by atoms with Gasteiger partial charge >= 0.3 is 0 Å². The van der Waals surface area contributed by atoms with Crippen LogP contribution in [0.4, 0.5) is 4.39 Å². The van der Waals surface area contributed by atoms with E-state index in [-0.39, 0.29) is 5.82 Å². The molecule has 1 fully saturated rings. The standard InChI is InChI=1S/C16H25FN2/c1-13(11-16-5-3-4-10-18-16)19(2)12-14-6-8-15(17)9-7-14/h6-9,13,16,18H,3-5,10-12H2,1-2H3. The molecule has 3 heteroatoms. The first-order chi connectivity index (χ1) is 9.15. The van der Waals surface area contributed by atoms with Crippen molar-refractivity contribution < 1.29 is 4.39 Å². The molecular formula is C16H25FN2. The predicted octanol–water partition coefficient (Wildman–Crippen LogP) is 3.18. The Morgan fingerprint density at radius 1 is 1.32 bits per heavy atom. The monoisotopic (exact) mass is 264 g/mol. The molecule has 0 aromatic heterocycles. The molecule has 1 aliphatic rings. The lowest BCUT2D eigenvalue weighted by Gasteiger charge is -2.31. The third-order valence-electron chi connectivity index (χ3n) is 4.14.